The maximum absolute atomic E-state index is 13.2. The summed E-state index contributed by atoms with van der Waals surface area (Å²) in [5, 5.41) is 10.2. The molecule has 1 saturated carbocycles. The molecule has 2 aliphatic rings. The van der Waals surface area contributed by atoms with Crippen LogP contribution in [0.4, 0.5) is 30.8 Å². The number of cyclic esters (lactones) is 1. The van der Waals surface area contributed by atoms with Gasteiger partial charge in [0.2, 0.25) is 5.95 Å². The summed E-state index contributed by atoms with van der Waals surface area (Å²) in [6.07, 6.45) is -1.41. The van der Waals surface area contributed by atoms with E-state index in [4.69, 9.17) is 4.74 Å². The van der Waals surface area contributed by atoms with E-state index in [1.54, 1.807) is 24.6 Å². The van der Waals surface area contributed by atoms with Gasteiger partial charge in [0, 0.05) is 25.2 Å². The highest BCUT2D eigenvalue weighted by Gasteiger charge is 2.45. The third-order valence-corrected chi connectivity index (χ3v) is 5.16. The Morgan fingerprint density at radius 3 is 2.72 bits per heavy atom. The van der Waals surface area contributed by atoms with E-state index in [-0.39, 0.29) is 30.3 Å². The van der Waals surface area contributed by atoms with E-state index < -0.39 is 17.2 Å². The Bertz CT molecular complexity index is 940. The molecule has 0 amide bonds. The standard InChI is InChI=1S/C18H21F3N6O2/c1-3-22-14-11(18(19,20)21)9-23-16(25-14)24-13-8-12(26-27(13)10-4-5-10)17(2)6-7-29-15(17)28/h8-10H,3-7H2,1-2H3,(H2,22,23,24,25)/t17-/m0/s1. The normalized spacial score (nSPS) is 21.9. The Hall–Kier alpha value is -2.85. The molecule has 1 saturated heterocycles. The number of ether oxygens (including phenoxy) is 1. The van der Waals surface area contributed by atoms with E-state index in [9.17, 15) is 18.0 Å². The molecule has 0 spiro atoms. The lowest BCUT2D eigenvalue weighted by atomic mass is 9.85. The molecule has 1 atom stereocenters. The minimum absolute atomic E-state index is 0.0152. The van der Waals surface area contributed by atoms with E-state index >= 15 is 0 Å². The van der Waals surface area contributed by atoms with Crippen molar-refractivity contribution in [2.45, 2.75) is 50.7 Å². The molecule has 11 heteroatoms. The lowest BCUT2D eigenvalue weighted by Crippen LogP contribution is -2.28. The molecule has 8 nitrogen and oxygen atoms in total. The van der Waals surface area contributed by atoms with Crippen molar-refractivity contribution < 1.29 is 22.7 Å². The van der Waals surface area contributed by atoms with E-state index in [1.165, 1.54) is 0 Å². The molecule has 2 aromatic rings. The number of esters is 1. The second kappa shape index (κ2) is 6.89. The molecule has 156 valence electrons. The second-order valence-corrected chi connectivity index (χ2v) is 7.42. The molecule has 2 aromatic heterocycles. The summed E-state index contributed by atoms with van der Waals surface area (Å²) < 4.78 is 46.4. The molecule has 29 heavy (non-hydrogen) atoms. The highest BCUT2D eigenvalue weighted by Crippen LogP contribution is 2.41. The van der Waals surface area contributed by atoms with Crippen LogP contribution in [0.2, 0.25) is 0 Å². The molecule has 1 aliphatic carbocycles. The fraction of sp³-hybridized carbons (Fsp3) is 0.556. The predicted molar refractivity (Wildman–Crippen MR) is 97.9 cm³/mol. The minimum atomic E-state index is -4.56. The Balaban J connectivity index is 1.67. The number of anilines is 3. The van der Waals surface area contributed by atoms with E-state index in [2.05, 4.69) is 25.7 Å². The molecule has 0 unspecified atom stereocenters. The van der Waals surface area contributed by atoms with Gasteiger partial charge in [0.25, 0.3) is 0 Å². The summed E-state index contributed by atoms with van der Waals surface area (Å²) in [7, 11) is 0. The van der Waals surface area contributed by atoms with Crippen LogP contribution in [-0.4, -0.2) is 38.9 Å². The highest BCUT2D eigenvalue weighted by molar-refractivity contribution is 5.84. The lowest BCUT2D eigenvalue weighted by molar-refractivity contribution is -0.142. The molecule has 0 bridgehead atoms. The van der Waals surface area contributed by atoms with Gasteiger partial charge in [-0.3, -0.25) is 4.79 Å². The van der Waals surface area contributed by atoms with E-state index in [0.717, 1.165) is 19.0 Å². The van der Waals surface area contributed by atoms with Crippen LogP contribution in [0.1, 0.15) is 50.4 Å². The zero-order chi connectivity index (χ0) is 20.8. The first-order chi connectivity index (χ1) is 13.7. The van der Waals surface area contributed by atoms with Gasteiger partial charge in [-0.25, -0.2) is 9.67 Å². The van der Waals surface area contributed by atoms with Crippen LogP contribution in [0.3, 0.4) is 0 Å². The Morgan fingerprint density at radius 2 is 2.14 bits per heavy atom. The molecular formula is C18H21F3N6O2. The van der Waals surface area contributed by atoms with Crippen LogP contribution < -0.4 is 10.6 Å². The van der Waals surface area contributed by atoms with Gasteiger partial charge in [-0.2, -0.15) is 23.3 Å². The summed E-state index contributed by atoms with van der Waals surface area (Å²) in [5.41, 5.74) is -1.21. The van der Waals surface area contributed by atoms with Crippen molar-refractivity contribution in [3.05, 3.63) is 23.5 Å². The summed E-state index contributed by atoms with van der Waals surface area (Å²) in [6, 6.07) is 1.90. The van der Waals surface area contributed by atoms with Crippen LogP contribution in [0.25, 0.3) is 0 Å². The zero-order valence-electron chi connectivity index (χ0n) is 16.0. The van der Waals surface area contributed by atoms with Crippen molar-refractivity contribution in [2.75, 3.05) is 23.8 Å². The van der Waals surface area contributed by atoms with Crippen molar-refractivity contribution in [2.24, 2.45) is 0 Å². The topological polar surface area (TPSA) is 94.0 Å². The second-order valence-electron chi connectivity index (χ2n) is 7.42. The van der Waals surface area contributed by atoms with Crippen molar-refractivity contribution in [1.29, 1.82) is 0 Å². The van der Waals surface area contributed by atoms with Crippen LogP contribution in [-0.2, 0) is 21.1 Å². The first-order valence-electron chi connectivity index (χ1n) is 9.45. The summed E-state index contributed by atoms with van der Waals surface area (Å²) in [6.45, 7) is 4.08. The number of hydrogen-bond donors (Lipinski definition) is 2. The molecule has 1 aliphatic heterocycles. The minimum Gasteiger partial charge on any atom is -0.465 e. The summed E-state index contributed by atoms with van der Waals surface area (Å²) in [4.78, 5) is 20.0. The Labute approximate surface area is 164 Å². The molecule has 3 heterocycles. The highest BCUT2D eigenvalue weighted by atomic mass is 19.4. The molecular weight excluding hydrogens is 389 g/mol. The summed E-state index contributed by atoms with van der Waals surface area (Å²) >= 11 is 0. The van der Waals surface area contributed by atoms with Crippen molar-refractivity contribution >= 4 is 23.6 Å². The zero-order valence-corrected chi connectivity index (χ0v) is 16.0. The van der Waals surface area contributed by atoms with Crippen LogP contribution in [0, 0.1) is 0 Å². The Morgan fingerprint density at radius 1 is 1.38 bits per heavy atom. The molecule has 0 aromatic carbocycles. The van der Waals surface area contributed by atoms with Crippen molar-refractivity contribution in [3.8, 4) is 0 Å². The molecule has 2 N–H and O–H groups in total. The molecule has 0 radical (unpaired) electrons. The number of carbonyl (C=O) groups excluding carboxylic acids is 1. The van der Waals surface area contributed by atoms with Gasteiger partial charge in [0.15, 0.2) is 0 Å². The smallest absolute Gasteiger partial charge is 0.421 e. The van der Waals surface area contributed by atoms with E-state index in [1.807, 2.05) is 0 Å². The molecule has 2 fully saturated rings. The number of aromatic nitrogens is 4. The number of nitrogens with one attached hydrogen (secondary N) is 2. The first-order valence-corrected chi connectivity index (χ1v) is 9.45. The van der Waals surface area contributed by atoms with Gasteiger partial charge < -0.3 is 15.4 Å². The summed E-state index contributed by atoms with van der Waals surface area (Å²) in [5.74, 6) is -0.0710. The van der Waals surface area contributed by atoms with Crippen LogP contribution >= 0.6 is 0 Å². The van der Waals surface area contributed by atoms with Gasteiger partial charge >= 0.3 is 12.1 Å². The quantitative estimate of drug-likeness (QED) is 0.705. The maximum atomic E-state index is 13.2. The van der Waals surface area contributed by atoms with E-state index in [0.29, 0.717) is 24.5 Å². The SMILES string of the molecule is CCNc1nc(Nc2cc([C@]3(C)CCOC3=O)nn2C2CC2)ncc1C(F)(F)F. The number of rotatable bonds is 6. The fourth-order valence-corrected chi connectivity index (χ4v) is 3.26. The third kappa shape index (κ3) is 3.60. The average Bonchev–Trinajstić information content (AvgIpc) is 3.32. The van der Waals surface area contributed by atoms with Crippen molar-refractivity contribution in [3.63, 3.8) is 0 Å². The number of nitrogens with zero attached hydrogens (tertiary/aromatic N) is 4. The Kier molecular flexibility index (Phi) is 4.62. The number of halogens is 3. The third-order valence-electron chi connectivity index (χ3n) is 5.16. The number of carbonyl (C=O) groups is 1. The molecule has 4 rings (SSSR count). The van der Waals surface area contributed by atoms with Gasteiger partial charge in [-0.05, 0) is 26.7 Å². The van der Waals surface area contributed by atoms with Gasteiger partial charge in [0.05, 0.1) is 18.3 Å². The predicted octanol–water partition coefficient (Wildman–Crippen LogP) is 3.41. The largest absolute Gasteiger partial charge is 0.465 e. The first kappa shape index (κ1) is 19.5. The van der Waals surface area contributed by atoms with Gasteiger partial charge in [0.1, 0.15) is 22.6 Å². The number of hydrogen-bond acceptors (Lipinski definition) is 7. The van der Waals surface area contributed by atoms with Crippen molar-refractivity contribution in [1.82, 2.24) is 19.7 Å². The van der Waals surface area contributed by atoms with Gasteiger partial charge in [-0.15, -0.1) is 0 Å². The monoisotopic (exact) mass is 410 g/mol. The lowest BCUT2D eigenvalue weighted by Gasteiger charge is -2.15. The fourth-order valence-electron chi connectivity index (χ4n) is 3.26. The number of alkyl halides is 3. The average molecular weight is 410 g/mol. The van der Waals surface area contributed by atoms with Gasteiger partial charge in [-0.1, -0.05) is 0 Å². The van der Waals surface area contributed by atoms with Crippen LogP contribution in [0.15, 0.2) is 12.3 Å². The maximum Gasteiger partial charge on any atom is 0.421 e. The van der Waals surface area contributed by atoms with Crippen LogP contribution in [0.5, 0.6) is 0 Å².